The molecule has 6 heteroatoms. The fraction of sp³-hybridized carbons (Fsp3) is 0.231. The van der Waals surface area contributed by atoms with Gasteiger partial charge in [0.2, 0.25) is 5.91 Å². The van der Waals surface area contributed by atoms with E-state index in [4.69, 9.17) is 0 Å². The van der Waals surface area contributed by atoms with Crippen LogP contribution in [0, 0.1) is 5.82 Å². The highest BCUT2D eigenvalue weighted by Gasteiger charge is 2.19. The Balaban J connectivity index is 1.32. The van der Waals surface area contributed by atoms with Crippen LogP contribution in [0.1, 0.15) is 11.1 Å². The number of amides is 1. The molecule has 0 atom stereocenters. The predicted molar refractivity (Wildman–Crippen MR) is 127 cm³/mol. The van der Waals surface area contributed by atoms with Gasteiger partial charge in [0, 0.05) is 51.2 Å². The summed E-state index contributed by atoms with van der Waals surface area (Å²) in [6.07, 6.45) is 7.86. The lowest BCUT2D eigenvalue weighted by Crippen LogP contribution is -2.47. The third-order valence-electron chi connectivity index (χ3n) is 5.64. The number of anilines is 2. The molecular formula is C26H27FN4O. The maximum Gasteiger partial charge on any atom is 0.248 e. The number of piperazine rings is 1. The molecule has 164 valence electrons. The van der Waals surface area contributed by atoms with E-state index in [9.17, 15) is 9.18 Å². The highest BCUT2D eigenvalue weighted by atomic mass is 19.1. The van der Waals surface area contributed by atoms with Crippen molar-refractivity contribution in [1.82, 2.24) is 9.88 Å². The number of hydrogen-bond donors (Lipinski definition) is 1. The number of pyridine rings is 1. The molecule has 1 aromatic heterocycles. The summed E-state index contributed by atoms with van der Waals surface area (Å²) in [6.45, 7) is 4.82. The average molecular weight is 431 g/mol. The molecule has 1 N–H and O–H groups in total. The van der Waals surface area contributed by atoms with Crippen LogP contribution in [0.4, 0.5) is 15.8 Å². The normalized spacial score (nSPS) is 14.6. The van der Waals surface area contributed by atoms with Gasteiger partial charge in [-0.1, -0.05) is 24.3 Å². The van der Waals surface area contributed by atoms with E-state index in [1.165, 1.54) is 23.8 Å². The van der Waals surface area contributed by atoms with Crippen LogP contribution in [0.2, 0.25) is 0 Å². The fourth-order valence-corrected chi connectivity index (χ4v) is 3.82. The number of nitrogens with one attached hydrogen (secondary N) is 1. The summed E-state index contributed by atoms with van der Waals surface area (Å²) in [7, 11) is 0. The maximum absolute atomic E-state index is 13.0. The van der Waals surface area contributed by atoms with Crippen LogP contribution in [0.3, 0.4) is 0 Å². The Labute approximate surface area is 188 Å². The number of carbonyl (C=O) groups is 1. The van der Waals surface area contributed by atoms with Gasteiger partial charge in [0.05, 0.1) is 11.4 Å². The monoisotopic (exact) mass is 430 g/mol. The molecule has 0 spiro atoms. The first-order valence-electron chi connectivity index (χ1n) is 10.9. The molecule has 32 heavy (non-hydrogen) atoms. The average Bonchev–Trinajstić information content (AvgIpc) is 2.84. The molecular weight excluding hydrogens is 403 g/mol. The maximum atomic E-state index is 13.0. The molecule has 1 amide bonds. The molecule has 0 aliphatic carbocycles. The molecule has 1 aliphatic rings. The lowest BCUT2D eigenvalue weighted by atomic mass is 10.1. The number of benzene rings is 2. The molecule has 1 aliphatic heterocycles. The van der Waals surface area contributed by atoms with Crippen molar-refractivity contribution in [2.45, 2.75) is 6.42 Å². The van der Waals surface area contributed by atoms with Crippen molar-refractivity contribution >= 4 is 23.4 Å². The first-order chi connectivity index (χ1) is 15.7. The number of aromatic nitrogens is 1. The van der Waals surface area contributed by atoms with Crippen molar-refractivity contribution in [3.63, 3.8) is 0 Å². The number of rotatable bonds is 7. The minimum absolute atomic E-state index is 0.210. The molecule has 4 rings (SSSR count). The lowest BCUT2D eigenvalue weighted by molar-refractivity contribution is -0.111. The minimum atomic E-state index is -0.294. The van der Waals surface area contributed by atoms with Crippen molar-refractivity contribution < 1.29 is 9.18 Å². The van der Waals surface area contributed by atoms with Gasteiger partial charge in [-0.05, 0) is 60.0 Å². The zero-order valence-electron chi connectivity index (χ0n) is 18.0. The SMILES string of the molecule is O=C(/C=C/c1ccc(F)cc1)Nc1ccccc1N1CCN(CCc2ccncc2)CC1. The van der Waals surface area contributed by atoms with E-state index in [0.717, 1.165) is 56.1 Å². The molecule has 3 aromatic rings. The Hall–Kier alpha value is -3.51. The van der Waals surface area contributed by atoms with Crippen molar-refractivity contribution in [2.24, 2.45) is 0 Å². The van der Waals surface area contributed by atoms with Gasteiger partial charge in [0.25, 0.3) is 0 Å². The summed E-state index contributed by atoms with van der Waals surface area (Å²) in [5.41, 5.74) is 3.92. The number of carbonyl (C=O) groups excluding carboxylic acids is 1. The van der Waals surface area contributed by atoms with Crippen LogP contribution >= 0.6 is 0 Å². The molecule has 0 saturated carbocycles. The molecule has 0 bridgehead atoms. The second-order valence-corrected chi connectivity index (χ2v) is 7.83. The Morgan fingerprint density at radius 1 is 0.969 bits per heavy atom. The Morgan fingerprint density at radius 3 is 2.44 bits per heavy atom. The van der Waals surface area contributed by atoms with Crippen LogP contribution in [-0.4, -0.2) is 48.5 Å². The topological polar surface area (TPSA) is 48.5 Å². The first kappa shape index (κ1) is 21.7. The molecule has 5 nitrogen and oxygen atoms in total. The molecule has 1 fully saturated rings. The zero-order valence-corrected chi connectivity index (χ0v) is 18.0. The molecule has 2 heterocycles. The lowest BCUT2D eigenvalue weighted by Gasteiger charge is -2.37. The van der Waals surface area contributed by atoms with Gasteiger partial charge in [0.15, 0.2) is 0 Å². The van der Waals surface area contributed by atoms with Gasteiger partial charge in [-0.15, -0.1) is 0 Å². The molecule has 1 saturated heterocycles. The van der Waals surface area contributed by atoms with Crippen molar-refractivity contribution in [3.05, 3.63) is 96.1 Å². The summed E-state index contributed by atoms with van der Waals surface area (Å²) < 4.78 is 13.0. The number of halogens is 1. The molecule has 0 unspecified atom stereocenters. The predicted octanol–water partition coefficient (Wildman–Crippen LogP) is 4.24. The second-order valence-electron chi connectivity index (χ2n) is 7.83. The van der Waals surface area contributed by atoms with E-state index in [0.29, 0.717) is 0 Å². The Bertz CT molecular complexity index is 1040. The largest absolute Gasteiger partial charge is 0.367 e. The Kier molecular flexibility index (Phi) is 7.25. The zero-order chi connectivity index (χ0) is 22.2. The Morgan fingerprint density at radius 2 is 1.69 bits per heavy atom. The third-order valence-corrected chi connectivity index (χ3v) is 5.64. The van der Waals surface area contributed by atoms with Crippen molar-refractivity contribution in [1.29, 1.82) is 0 Å². The highest BCUT2D eigenvalue weighted by Crippen LogP contribution is 2.26. The smallest absolute Gasteiger partial charge is 0.248 e. The second kappa shape index (κ2) is 10.7. The van der Waals surface area contributed by atoms with E-state index in [1.54, 1.807) is 18.2 Å². The quantitative estimate of drug-likeness (QED) is 0.570. The van der Waals surface area contributed by atoms with Gasteiger partial charge in [-0.25, -0.2) is 4.39 Å². The summed E-state index contributed by atoms with van der Waals surface area (Å²) in [5, 5.41) is 2.99. The first-order valence-corrected chi connectivity index (χ1v) is 10.9. The van der Waals surface area contributed by atoms with Crippen LogP contribution in [0.5, 0.6) is 0 Å². The molecule has 2 aromatic carbocycles. The summed E-state index contributed by atoms with van der Waals surface area (Å²) in [6, 6.07) is 18.1. The van der Waals surface area contributed by atoms with Gasteiger partial charge in [-0.3, -0.25) is 14.7 Å². The fourth-order valence-electron chi connectivity index (χ4n) is 3.82. The van der Waals surface area contributed by atoms with E-state index in [1.807, 2.05) is 36.7 Å². The summed E-state index contributed by atoms with van der Waals surface area (Å²) in [5.74, 6) is -0.504. The van der Waals surface area contributed by atoms with E-state index in [-0.39, 0.29) is 11.7 Å². The van der Waals surface area contributed by atoms with Crippen LogP contribution in [0.25, 0.3) is 6.08 Å². The number of nitrogens with zero attached hydrogens (tertiary/aromatic N) is 3. The third kappa shape index (κ3) is 6.02. The van der Waals surface area contributed by atoms with Crippen LogP contribution in [-0.2, 0) is 11.2 Å². The van der Waals surface area contributed by atoms with Gasteiger partial charge < -0.3 is 10.2 Å². The number of para-hydroxylation sites is 2. The number of hydrogen-bond acceptors (Lipinski definition) is 4. The molecule has 0 radical (unpaired) electrons. The van der Waals surface area contributed by atoms with Gasteiger partial charge in [-0.2, -0.15) is 0 Å². The van der Waals surface area contributed by atoms with Crippen LogP contribution < -0.4 is 10.2 Å². The van der Waals surface area contributed by atoms with E-state index >= 15 is 0 Å². The minimum Gasteiger partial charge on any atom is -0.367 e. The van der Waals surface area contributed by atoms with E-state index < -0.39 is 0 Å². The standard InChI is InChI=1S/C26H27FN4O/c27-23-8-5-21(6-9-23)7-10-26(32)29-24-3-1-2-4-25(24)31-19-17-30(18-20-31)16-13-22-11-14-28-15-12-22/h1-12,14-15H,13,16-20H2,(H,29,32)/b10-7+. The summed E-state index contributed by atoms with van der Waals surface area (Å²) in [4.78, 5) is 21.3. The summed E-state index contributed by atoms with van der Waals surface area (Å²) >= 11 is 0. The highest BCUT2D eigenvalue weighted by molar-refractivity contribution is 6.03. The van der Waals surface area contributed by atoms with Gasteiger partial charge >= 0.3 is 0 Å². The van der Waals surface area contributed by atoms with Crippen LogP contribution in [0.15, 0.2) is 79.1 Å². The van der Waals surface area contributed by atoms with Gasteiger partial charge in [0.1, 0.15) is 5.82 Å². The van der Waals surface area contributed by atoms with Crippen molar-refractivity contribution in [3.8, 4) is 0 Å². The van der Waals surface area contributed by atoms with E-state index in [2.05, 4.69) is 32.2 Å². The van der Waals surface area contributed by atoms with Crippen molar-refractivity contribution in [2.75, 3.05) is 42.9 Å².